The van der Waals surface area contributed by atoms with Gasteiger partial charge in [-0.05, 0) is 65.9 Å². The van der Waals surface area contributed by atoms with E-state index in [0.29, 0.717) is 28.6 Å². The Morgan fingerprint density at radius 2 is 1.90 bits per heavy atom. The molecule has 1 spiro atoms. The number of thiazole rings is 1. The number of aromatic nitrogens is 1. The average molecular weight is 628 g/mol. The van der Waals surface area contributed by atoms with E-state index in [9.17, 15) is 4.79 Å². The van der Waals surface area contributed by atoms with Crippen LogP contribution in [0.2, 0.25) is 0 Å². The third-order valence-corrected chi connectivity index (χ3v) is 9.59. The minimum atomic E-state index is -1.30. The molecule has 1 amide bonds. The summed E-state index contributed by atoms with van der Waals surface area (Å²) < 4.78 is 14.9. The number of hydrazone groups is 1. The number of fused-ring (bicyclic) bond motifs is 5. The van der Waals surface area contributed by atoms with Gasteiger partial charge in [0.25, 0.3) is 5.24 Å². The highest BCUT2D eigenvalue weighted by Crippen LogP contribution is 2.53. The van der Waals surface area contributed by atoms with Gasteiger partial charge in [-0.15, -0.1) is 11.3 Å². The van der Waals surface area contributed by atoms with Gasteiger partial charge in [-0.3, -0.25) is 10.1 Å². The summed E-state index contributed by atoms with van der Waals surface area (Å²) in [6.07, 6.45) is 2.53. The van der Waals surface area contributed by atoms with E-state index in [4.69, 9.17) is 19.2 Å². The lowest BCUT2D eigenvalue weighted by Gasteiger charge is -2.45. The molecule has 8 rings (SSSR count). The third kappa shape index (κ3) is 3.81. The van der Waals surface area contributed by atoms with Gasteiger partial charge in [0.05, 0.1) is 26.9 Å². The number of nitrogens with one attached hydrogen (secondary N) is 1. The zero-order valence-corrected chi connectivity index (χ0v) is 23.9. The standard InChI is InChI=1S/C30H19BrN4O3S2/c31-18-10-12-24-20(14-18)23-16-22(17-6-2-1-3-7-17)34-35(23)30(38-24)27(40-29(36)33-30)15-19-11-13-25(37-19)28-32-21-8-4-5-9-26(21)39-28/h1-15,23H,16H2,(H,33,36)/b27-15-. The van der Waals surface area contributed by atoms with E-state index in [2.05, 4.69) is 39.4 Å². The summed E-state index contributed by atoms with van der Waals surface area (Å²) in [6, 6.07) is 27.7. The second-order valence-electron chi connectivity index (χ2n) is 9.62. The molecule has 10 heteroatoms. The maximum Gasteiger partial charge on any atom is 0.314 e. The first kappa shape index (κ1) is 24.0. The summed E-state index contributed by atoms with van der Waals surface area (Å²) in [4.78, 5) is 18.3. The van der Waals surface area contributed by atoms with Crippen LogP contribution in [-0.4, -0.2) is 26.8 Å². The molecule has 2 unspecified atom stereocenters. The number of ether oxygens (including phenoxy) is 1. The van der Waals surface area contributed by atoms with Crippen LogP contribution in [0.3, 0.4) is 0 Å². The number of carbonyl (C=O) groups is 1. The fraction of sp³-hybridized carbons (Fsp3) is 0.100. The fourth-order valence-electron chi connectivity index (χ4n) is 5.35. The van der Waals surface area contributed by atoms with Gasteiger partial charge in [-0.2, -0.15) is 5.10 Å². The molecule has 0 bridgehead atoms. The van der Waals surface area contributed by atoms with Crippen LogP contribution in [-0.2, 0) is 0 Å². The summed E-state index contributed by atoms with van der Waals surface area (Å²) in [6.45, 7) is 0. The van der Waals surface area contributed by atoms with Crippen molar-refractivity contribution < 1.29 is 13.9 Å². The van der Waals surface area contributed by atoms with Crippen molar-refractivity contribution in [2.45, 2.75) is 18.3 Å². The van der Waals surface area contributed by atoms with Crippen LogP contribution in [0.25, 0.3) is 27.1 Å². The van der Waals surface area contributed by atoms with Gasteiger partial charge in [0, 0.05) is 16.5 Å². The van der Waals surface area contributed by atoms with Crippen molar-refractivity contribution in [1.29, 1.82) is 0 Å². The van der Waals surface area contributed by atoms with Crippen molar-refractivity contribution in [3.8, 4) is 16.5 Å². The molecule has 3 aliphatic heterocycles. The van der Waals surface area contributed by atoms with Gasteiger partial charge in [0.15, 0.2) is 10.8 Å². The lowest BCUT2D eigenvalue weighted by Crippen LogP contribution is -2.61. The molecule has 0 saturated carbocycles. The Hall–Kier alpha value is -3.86. The summed E-state index contributed by atoms with van der Waals surface area (Å²) in [5, 5.41) is 10.6. The van der Waals surface area contributed by atoms with Gasteiger partial charge in [0.1, 0.15) is 11.5 Å². The number of para-hydroxylation sites is 1. The highest BCUT2D eigenvalue weighted by atomic mass is 79.9. The van der Waals surface area contributed by atoms with Crippen molar-refractivity contribution in [2.24, 2.45) is 5.10 Å². The van der Waals surface area contributed by atoms with E-state index in [1.165, 1.54) is 0 Å². The van der Waals surface area contributed by atoms with Crippen molar-refractivity contribution in [1.82, 2.24) is 15.3 Å². The van der Waals surface area contributed by atoms with Crippen molar-refractivity contribution >= 4 is 66.3 Å². The molecule has 0 aliphatic carbocycles. The highest BCUT2D eigenvalue weighted by Gasteiger charge is 2.58. The lowest BCUT2D eigenvalue weighted by atomic mass is 9.96. The molecule has 196 valence electrons. The minimum absolute atomic E-state index is 0.131. The number of carbonyl (C=O) groups excluding carboxylic acids is 1. The largest absolute Gasteiger partial charge is 0.454 e. The maximum atomic E-state index is 13.0. The van der Waals surface area contributed by atoms with Gasteiger partial charge in [-0.25, -0.2) is 9.99 Å². The number of thioether (sulfide) groups is 1. The van der Waals surface area contributed by atoms with E-state index in [0.717, 1.165) is 48.3 Å². The molecule has 2 aromatic heterocycles. The Bertz CT molecular complexity index is 1850. The summed E-state index contributed by atoms with van der Waals surface area (Å²) in [7, 11) is 0. The van der Waals surface area contributed by atoms with E-state index in [1.807, 2.05) is 77.8 Å². The van der Waals surface area contributed by atoms with Crippen LogP contribution in [0.15, 0.2) is 104 Å². The second-order valence-corrected chi connectivity index (χ2v) is 12.6. The van der Waals surface area contributed by atoms with Gasteiger partial charge < -0.3 is 9.15 Å². The fourth-order valence-corrected chi connectivity index (χ4v) is 7.54. The maximum absolute atomic E-state index is 13.0. The number of hydrogen-bond donors (Lipinski definition) is 1. The average Bonchev–Trinajstić information content (AvgIpc) is 3.75. The zero-order valence-electron chi connectivity index (χ0n) is 20.7. The Labute approximate surface area is 245 Å². The molecule has 1 N–H and O–H groups in total. The second kappa shape index (κ2) is 9.09. The SMILES string of the molecule is O=C1NC2(Oc3ccc(Br)cc3C3CC(c4ccccc4)=NN32)/C(=C/c2ccc(-c3nc4ccccc4s3)o2)S1. The first-order valence-electron chi connectivity index (χ1n) is 12.6. The molecule has 7 nitrogen and oxygen atoms in total. The molecular formula is C30H19BrN4O3S2. The van der Waals surface area contributed by atoms with Crippen LogP contribution < -0.4 is 10.1 Å². The Kier molecular flexibility index (Phi) is 5.45. The molecule has 3 aliphatic rings. The number of rotatable bonds is 3. The van der Waals surface area contributed by atoms with Crippen LogP contribution in [0.5, 0.6) is 5.75 Å². The van der Waals surface area contributed by atoms with E-state index in [1.54, 1.807) is 11.3 Å². The molecule has 1 fully saturated rings. The molecule has 40 heavy (non-hydrogen) atoms. The van der Waals surface area contributed by atoms with Crippen LogP contribution >= 0.6 is 39.0 Å². The molecule has 3 aromatic carbocycles. The number of hydrogen-bond acceptors (Lipinski definition) is 8. The summed E-state index contributed by atoms with van der Waals surface area (Å²) >= 11 is 6.28. The number of nitrogens with zero attached hydrogens (tertiary/aromatic N) is 3. The monoisotopic (exact) mass is 626 g/mol. The third-order valence-electron chi connectivity index (χ3n) is 7.14. The number of halogens is 1. The van der Waals surface area contributed by atoms with Crippen LogP contribution in [0, 0.1) is 0 Å². The Morgan fingerprint density at radius 1 is 1.05 bits per heavy atom. The highest BCUT2D eigenvalue weighted by molar-refractivity contribution is 9.10. The lowest BCUT2D eigenvalue weighted by molar-refractivity contribution is -0.0949. The molecule has 5 aromatic rings. The number of furan rings is 1. The normalized spacial score (nSPS) is 22.4. The van der Waals surface area contributed by atoms with E-state index >= 15 is 0 Å². The Morgan fingerprint density at radius 3 is 2.77 bits per heavy atom. The predicted octanol–water partition coefficient (Wildman–Crippen LogP) is 8.01. The summed E-state index contributed by atoms with van der Waals surface area (Å²) in [5.74, 6) is 0.678. The molecule has 0 radical (unpaired) electrons. The smallest absolute Gasteiger partial charge is 0.314 e. The molecule has 2 atom stereocenters. The predicted molar refractivity (Wildman–Crippen MR) is 161 cm³/mol. The number of benzene rings is 3. The van der Waals surface area contributed by atoms with Crippen LogP contribution in [0.1, 0.15) is 29.3 Å². The first-order chi connectivity index (χ1) is 19.6. The van der Waals surface area contributed by atoms with Crippen molar-refractivity contribution in [2.75, 3.05) is 0 Å². The first-order valence-corrected chi connectivity index (χ1v) is 15.1. The van der Waals surface area contributed by atoms with E-state index in [-0.39, 0.29) is 11.3 Å². The Balaban J connectivity index is 1.23. The number of amides is 1. The van der Waals surface area contributed by atoms with Gasteiger partial charge in [-0.1, -0.05) is 58.4 Å². The summed E-state index contributed by atoms with van der Waals surface area (Å²) in [5.41, 5.74) is 3.92. The van der Waals surface area contributed by atoms with Crippen molar-refractivity contribution in [3.05, 3.63) is 111 Å². The topological polar surface area (TPSA) is 80.0 Å². The van der Waals surface area contributed by atoms with Crippen molar-refractivity contribution in [3.63, 3.8) is 0 Å². The molecule has 1 saturated heterocycles. The van der Waals surface area contributed by atoms with Crippen LogP contribution in [0.4, 0.5) is 4.79 Å². The minimum Gasteiger partial charge on any atom is -0.454 e. The van der Waals surface area contributed by atoms with Gasteiger partial charge >= 0.3 is 5.85 Å². The molecular weight excluding hydrogens is 608 g/mol. The quantitative estimate of drug-likeness (QED) is 0.218. The van der Waals surface area contributed by atoms with E-state index < -0.39 is 5.85 Å². The van der Waals surface area contributed by atoms with Gasteiger partial charge in [0.2, 0.25) is 0 Å². The zero-order chi connectivity index (χ0) is 26.8. The molecule has 5 heterocycles.